The Bertz CT molecular complexity index is 553. The van der Waals surface area contributed by atoms with Gasteiger partial charge in [0.2, 0.25) is 0 Å². The molecule has 92 valence electrons. The molecule has 0 saturated carbocycles. The van der Waals surface area contributed by atoms with Crippen molar-refractivity contribution in [2.24, 2.45) is 0 Å². The van der Waals surface area contributed by atoms with Gasteiger partial charge in [0, 0.05) is 0 Å². The monoisotopic (exact) mass is 242 g/mol. The molecule has 0 radical (unpaired) electrons. The fourth-order valence-electron chi connectivity index (χ4n) is 1.51. The topological polar surface area (TPSA) is 78.3 Å². The minimum Gasteiger partial charge on any atom is -0.457 e. The molecule has 0 heterocycles. The maximum absolute atomic E-state index is 11.8. The smallest absolute Gasteiger partial charge is 0.338 e. The number of hydrogen-bond donors (Lipinski definition) is 2. The second-order valence-corrected chi connectivity index (χ2v) is 3.91. The van der Waals surface area contributed by atoms with Gasteiger partial charge >= 0.3 is 5.97 Å². The average Bonchev–Trinajstić information content (AvgIpc) is 2.40. The van der Waals surface area contributed by atoms with Crippen molar-refractivity contribution in [1.29, 1.82) is 0 Å². The van der Waals surface area contributed by atoms with E-state index in [2.05, 4.69) is 0 Å². The van der Waals surface area contributed by atoms with Crippen LogP contribution in [-0.2, 0) is 11.3 Å². The predicted octanol–water partition coefficient (Wildman–Crippen LogP) is 2.21. The second kappa shape index (κ2) is 5.23. The van der Waals surface area contributed by atoms with E-state index in [9.17, 15) is 4.79 Å². The van der Waals surface area contributed by atoms with Gasteiger partial charge in [0.05, 0.1) is 16.9 Å². The van der Waals surface area contributed by atoms with Gasteiger partial charge in [-0.25, -0.2) is 4.79 Å². The number of benzene rings is 2. The van der Waals surface area contributed by atoms with E-state index < -0.39 is 5.97 Å². The molecule has 0 aliphatic rings. The molecule has 0 unspecified atom stereocenters. The van der Waals surface area contributed by atoms with Crippen molar-refractivity contribution in [2.45, 2.75) is 6.61 Å². The highest BCUT2D eigenvalue weighted by Crippen LogP contribution is 2.17. The zero-order valence-electron chi connectivity index (χ0n) is 9.80. The van der Waals surface area contributed by atoms with Crippen LogP contribution >= 0.6 is 0 Å². The zero-order chi connectivity index (χ0) is 13.0. The lowest BCUT2D eigenvalue weighted by Crippen LogP contribution is -2.06. The SMILES string of the molecule is Nc1ccc(C(=O)OCc2ccccc2)cc1N. The predicted molar refractivity (Wildman–Crippen MR) is 70.8 cm³/mol. The summed E-state index contributed by atoms with van der Waals surface area (Å²) < 4.78 is 5.17. The summed E-state index contributed by atoms with van der Waals surface area (Å²) >= 11 is 0. The highest BCUT2D eigenvalue weighted by Gasteiger charge is 2.08. The average molecular weight is 242 g/mol. The lowest BCUT2D eigenvalue weighted by Gasteiger charge is -2.06. The van der Waals surface area contributed by atoms with E-state index in [4.69, 9.17) is 16.2 Å². The molecule has 0 spiro atoms. The van der Waals surface area contributed by atoms with Crippen LogP contribution < -0.4 is 11.5 Å². The van der Waals surface area contributed by atoms with Gasteiger partial charge in [-0.1, -0.05) is 30.3 Å². The van der Waals surface area contributed by atoms with Crippen molar-refractivity contribution < 1.29 is 9.53 Å². The Morgan fingerprint density at radius 1 is 1.00 bits per heavy atom. The molecule has 0 aliphatic heterocycles. The maximum atomic E-state index is 11.8. The van der Waals surface area contributed by atoms with E-state index in [-0.39, 0.29) is 6.61 Å². The lowest BCUT2D eigenvalue weighted by molar-refractivity contribution is 0.0473. The number of carbonyl (C=O) groups is 1. The van der Waals surface area contributed by atoms with Gasteiger partial charge in [-0.15, -0.1) is 0 Å². The first kappa shape index (κ1) is 12.0. The Labute approximate surface area is 105 Å². The Kier molecular flexibility index (Phi) is 3.48. The van der Waals surface area contributed by atoms with Crippen LogP contribution in [0.25, 0.3) is 0 Å². The molecule has 2 aromatic rings. The first-order chi connectivity index (χ1) is 8.66. The molecule has 0 fully saturated rings. The van der Waals surface area contributed by atoms with Gasteiger partial charge in [-0.05, 0) is 23.8 Å². The van der Waals surface area contributed by atoms with Crippen LogP contribution in [0.2, 0.25) is 0 Å². The molecule has 0 aromatic heterocycles. The third-order valence-electron chi connectivity index (χ3n) is 2.54. The quantitative estimate of drug-likeness (QED) is 0.639. The normalized spacial score (nSPS) is 10.0. The first-order valence-corrected chi connectivity index (χ1v) is 5.53. The van der Waals surface area contributed by atoms with Crippen molar-refractivity contribution in [3.05, 3.63) is 59.7 Å². The van der Waals surface area contributed by atoms with Crippen LogP contribution in [0.5, 0.6) is 0 Å². The summed E-state index contributed by atoms with van der Waals surface area (Å²) in [5, 5.41) is 0. The standard InChI is InChI=1S/C14H14N2O2/c15-12-7-6-11(8-13(12)16)14(17)18-9-10-4-2-1-3-5-10/h1-8H,9,15-16H2. The maximum Gasteiger partial charge on any atom is 0.338 e. The fraction of sp³-hybridized carbons (Fsp3) is 0.0714. The number of nitrogens with two attached hydrogens (primary N) is 2. The first-order valence-electron chi connectivity index (χ1n) is 5.53. The summed E-state index contributed by atoms with van der Waals surface area (Å²) in [5.74, 6) is -0.412. The molecule has 2 aromatic carbocycles. The number of esters is 1. The third-order valence-corrected chi connectivity index (χ3v) is 2.54. The van der Waals surface area contributed by atoms with Gasteiger partial charge in [0.25, 0.3) is 0 Å². The van der Waals surface area contributed by atoms with Crippen molar-refractivity contribution in [2.75, 3.05) is 11.5 Å². The molecule has 0 saturated heterocycles. The Morgan fingerprint density at radius 2 is 1.72 bits per heavy atom. The van der Waals surface area contributed by atoms with Crippen molar-refractivity contribution in [3.8, 4) is 0 Å². The summed E-state index contributed by atoms with van der Waals surface area (Å²) in [5.41, 5.74) is 13.4. The van der Waals surface area contributed by atoms with Crippen molar-refractivity contribution in [3.63, 3.8) is 0 Å². The van der Waals surface area contributed by atoms with E-state index in [0.717, 1.165) is 5.56 Å². The summed E-state index contributed by atoms with van der Waals surface area (Å²) in [6.07, 6.45) is 0. The second-order valence-electron chi connectivity index (χ2n) is 3.91. The Morgan fingerprint density at radius 3 is 2.39 bits per heavy atom. The van der Waals surface area contributed by atoms with Crippen LogP contribution in [0.15, 0.2) is 48.5 Å². The number of nitrogen functional groups attached to an aromatic ring is 2. The number of hydrogen-bond acceptors (Lipinski definition) is 4. The van der Waals surface area contributed by atoms with Gasteiger partial charge in [-0.2, -0.15) is 0 Å². The highest BCUT2D eigenvalue weighted by atomic mass is 16.5. The van der Waals surface area contributed by atoms with Gasteiger partial charge in [0.15, 0.2) is 0 Å². The molecular weight excluding hydrogens is 228 g/mol. The van der Waals surface area contributed by atoms with Crippen LogP contribution in [0.4, 0.5) is 11.4 Å². The largest absolute Gasteiger partial charge is 0.457 e. The molecule has 0 atom stereocenters. The van der Waals surface area contributed by atoms with Crippen molar-refractivity contribution in [1.82, 2.24) is 0 Å². The summed E-state index contributed by atoms with van der Waals surface area (Å²) in [7, 11) is 0. The van der Waals surface area contributed by atoms with Crippen LogP contribution in [0, 0.1) is 0 Å². The zero-order valence-corrected chi connectivity index (χ0v) is 9.80. The highest BCUT2D eigenvalue weighted by molar-refractivity contribution is 5.91. The van der Waals surface area contributed by atoms with Gasteiger partial charge < -0.3 is 16.2 Å². The number of rotatable bonds is 3. The molecule has 4 nitrogen and oxygen atoms in total. The molecule has 0 aliphatic carbocycles. The number of carbonyl (C=O) groups excluding carboxylic acids is 1. The van der Waals surface area contributed by atoms with E-state index in [0.29, 0.717) is 16.9 Å². The van der Waals surface area contributed by atoms with Gasteiger partial charge in [-0.3, -0.25) is 0 Å². The van der Waals surface area contributed by atoms with Crippen molar-refractivity contribution >= 4 is 17.3 Å². The number of anilines is 2. The van der Waals surface area contributed by atoms with Crippen LogP contribution in [0.3, 0.4) is 0 Å². The fourth-order valence-corrected chi connectivity index (χ4v) is 1.51. The third kappa shape index (κ3) is 2.79. The summed E-state index contributed by atoms with van der Waals surface area (Å²) in [6, 6.07) is 14.2. The minimum atomic E-state index is -0.412. The van der Waals surface area contributed by atoms with E-state index in [1.165, 1.54) is 6.07 Å². The summed E-state index contributed by atoms with van der Waals surface area (Å²) in [4.78, 5) is 11.8. The molecular formula is C14H14N2O2. The van der Waals surface area contributed by atoms with Crippen LogP contribution in [-0.4, -0.2) is 5.97 Å². The molecule has 18 heavy (non-hydrogen) atoms. The minimum absolute atomic E-state index is 0.240. The molecule has 0 bridgehead atoms. The Balaban J connectivity index is 2.02. The summed E-state index contributed by atoms with van der Waals surface area (Å²) in [6.45, 7) is 0.240. The van der Waals surface area contributed by atoms with Gasteiger partial charge in [0.1, 0.15) is 6.61 Å². The molecule has 0 amide bonds. The van der Waals surface area contributed by atoms with E-state index in [1.54, 1.807) is 12.1 Å². The van der Waals surface area contributed by atoms with E-state index >= 15 is 0 Å². The van der Waals surface area contributed by atoms with Crippen LogP contribution in [0.1, 0.15) is 15.9 Å². The molecule has 4 N–H and O–H groups in total. The number of ether oxygens (including phenoxy) is 1. The Hall–Kier alpha value is -2.49. The molecule has 2 rings (SSSR count). The lowest BCUT2D eigenvalue weighted by atomic mass is 10.2. The van der Waals surface area contributed by atoms with E-state index in [1.807, 2.05) is 30.3 Å². The molecule has 4 heteroatoms.